The molecular weight excluding hydrogens is 448 g/mol. The van der Waals surface area contributed by atoms with Gasteiger partial charge in [-0.2, -0.15) is 17.0 Å². The van der Waals surface area contributed by atoms with Gasteiger partial charge in [0.2, 0.25) is 5.91 Å². The number of carbonyl (C=O) groups excluding carboxylic acids is 1. The van der Waals surface area contributed by atoms with Crippen LogP contribution in [0, 0.1) is 0 Å². The maximum atomic E-state index is 13.4. The molecule has 0 bridgehead atoms. The van der Waals surface area contributed by atoms with Crippen LogP contribution < -0.4 is 10.1 Å². The highest BCUT2D eigenvalue weighted by Crippen LogP contribution is 2.44. The number of thiazole rings is 1. The van der Waals surface area contributed by atoms with Crippen LogP contribution in [0.1, 0.15) is 27.6 Å². The number of para-hydroxylation sites is 2. The molecule has 10 heteroatoms. The molecule has 3 heterocycles. The predicted octanol–water partition coefficient (Wildman–Crippen LogP) is 3.18. The number of ether oxygens (including phenoxy) is 1. The van der Waals surface area contributed by atoms with Crippen molar-refractivity contribution in [2.45, 2.75) is 18.9 Å². The van der Waals surface area contributed by atoms with Crippen LogP contribution in [0.15, 0.2) is 48.5 Å². The number of anilines is 1. The molecule has 3 aromatic rings. The number of hydrogen-bond acceptors (Lipinski definition) is 6. The van der Waals surface area contributed by atoms with Gasteiger partial charge in [-0.05, 0) is 12.1 Å². The number of hydrogen-bond donors (Lipinski definition) is 1. The normalized spacial score (nSPS) is 16.1. The zero-order valence-electron chi connectivity index (χ0n) is 17.6. The lowest BCUT2D eigenvalue weighted by Gasteiger charge is -2.27. The largest absolute Gasteiger partial charge is 0.457 e. The first-order valence-corrected chi connectivity index (χ1v) is 12.4. The van der Waals surface area contributed by atoms with Gasteiger partial charge in [0.25, 0.3) is 10.2 Å². The molecule has 5 rings (SSSR count). The number of nitrogens with one attached hydrogen (secondary N) is 1. The van der Waals surface area contributed by atoms with Gasteiger partial charge >= 0.3 is 0 Å². The Balaban J connectivity index is 1.42. The molecule has 8 nitrogen and oxygen atoms in total. The Hall–Kier alpha value is -2.79. The maximum Gasteiger partial charge on any atom is 0.281 e. The summed E-state index contributed by atoms with van der Waals surface area (Å²) in [4.78, 5) is 18.8. The van der Waals surface area contributed by atoms with E-state index in [0.717, 1.165) is 21.7 Å². The first-order chi connectivity index (χ1) is 15.3. The molecule has 0 aliphatic carbocycles. The minimum absolute atomic E-state index is 0.197. The first-order valence-electron chi connectivity index (χ1n) is 10.2. The third-order valence-electron chi connectivity index (χ3n) is 5.66. The quantitative estimate of drug-likeness (QED) is 0.632. The molecule has 2 aliphatic heterocycles. The fraction of sp³-hybridized carbons (Fsp3) is 0.273. The highest BCUT2D eigenvalue weighted by Gasteiger charge is 2.34. The lowest BCUT2D eigenvalue weighted by atomic mass is 9.87. The number of amides is 1. The summed E-state index contributed by atoms with van der Waals surface area (Å²) in [5, 5.41) is 3.44. The van der Waals surface area contributed by atoms with Crippen LogP contribution in [0.5, 0.6) is 11.5 Å². The van der Waals surface area contributed by atoms with Gasteiger partial charge in [-0.25, -0.2) is 4.98 Å². The van der Waals surface area contributed by atoms with E-state index >= 15 is 0 Å². The highest BCUT2D eigenvalue weighted by molar-refractivity contribution is 7.86. The number of benzene rings is 2. The summed E-state index contributed by atoms with van der Waals surface area (Å²) in [6.45, 7) is 0.623. The van der Waals surface area contributed by atoms with Gasteiger partial charge in [-0.1, -0.05) is 36.4 Å². The van der Waals surface area contributed by atoms with E-state index in [0.29, 0.717) is 29.6 Å². The molecule has 1 amide bonds. The highest BCUT2D eigenvalue weighted by atomic mass is 32.2. The molecule has 0 saturated carbocycles. The molecule has 2 aliphatic rings. The Kier molecular flexibility index (Phi) is 5.25. The van der Waals surface area contributed by atoms with Crippen molar-refractivity contribution in [2.75, 3.05) is 26.0 Å². The van der Waals surface area contributed by atoms with Crippen molar-refractivity contribution >= 4 is 32.6 Å². The number of nitrogens with zero attached hydrogens (tertiary/aromatic N) is 3. The third-order valence-corrected chi connectivity index (χ3v) is 8.54. The Morgan fingerprint density at radius 2 is 1.75 bits per heavy atom. The average Bonchev–Trinajstić information content (AvgIpc) is 3.18. The molecule has 0 spiro atoms. The lowest BCUT2D eigenvalue weighted by Crippen LogP contribution is -2.42. The molecule has 2 aromatic carbocycles. The van der Waals surface area contributed by atoms with Crippen LogP contribution in [0.2, 0.25) is 0 Å². The second kappa shape index (κ2) is 7.96. The summed E-state index contributed by atoms with van der Waals surface area (Å²) in [7, 11) is -0.455. The van der Waals surface area contributed by atoms with Crippen molar-refractivity contribution < 1.29 is 17.9 Å². The van der Waals surface area contributed by atoms with Crippen molar-refractivity contribution in [3.8, 4) is 11.5 Å². The van der Waals surface area contributed by atoms with E-state index < -0.39 is 16.1 Å². The van der Waals surface area contributed by atoms with Gasteiger partial charge in [0.15, 0.2) is 5.13 Å². The van der Waals surface area contributed by atoms with E-state index in [2.05, 4.69) is 10.3 Å². The first kappa shape index (κ1) is 21.1. The van der Waals surface area contributed by atoms with Crippen molar-refractivity contribution in [1.82, 2.24) is 13.6 Å². The molecule has 1 N–H and O–H groups in total. The van der Waals surface area contributed by atoms with Crippen LogP contribution in [0.4, 0.5) is 5.13 Å². The predicted molar refractivity (Wildman–Crippen MR) is 122 cm³/mol. The van der Waals surface area contributed by atoms with Crippen LogP contribution in [-0.2, 0) is 28.0 Å². The van der Waals surface area contributed by atoms with E-state index in [1.165, 1.54) is 34.0 Å². The second-order valence-corrected chi connectivity index (χ2v) is 11.1. The standard InChI is InChI=1S/C22H22N4O4S2/c1-25(2)32(28,29)26-12-11-16-19(13-26)31-22(23-16)24-21(27)20-14-7-3-5-9-17(14)30-18-10-6-4-8-15(18)20/h3-10,20H,11-13H2,1-2H3,(H,23,24,27). The molecule has 0 radical (unpaired) electrons. The fourth-order valence-corrected chi connectivity index (χ4v) is 6.21. The van der Waals surface area contributed by atoms with Gasteiger partial charge in [0.1, 0.15) is 11.5 Å². The number of carbonyl (C=O) groups is 1. The van der Waals surface area contributed by atoms with Crippen molar-refractivity contribution in [3.05, 3.63) is 70.2 Å². The van der Waals surface area contributed by atoms with E-state index in [1.807, 2.05) is 48.5 Å². The lowest BCUT2D eigenvalue weighted by molar-refractivity contribution is -0.116. The van der Waals surface area contributed by atoms with Crippen molar-refractivity contribution in [3.63, 3.8) is 0 Å². The molecule has 0 unspecified atom stereocenters. The maximum absolute atomic E-state index is 13.4. The van der Waals surface area contributed by atoms with Crippen molar-refractivity contribution in [1.29, 1.82) is 0 Å². The summed E-state index contributed by atoms with van der Waals surface area (Å²) < 4.78 is 33.6. The molecule has 0 fully saturated rings. The van der Waals surface area contributed by atoms with Crippen molar-refractivity contribution in [2.24, 2.45) is 0 Å². The van der Waals surface area contributed by atoms with Gasteiger partial charge in [0, 0.05) is 43.1 Å². The van der Waals surface area contributed by atoms with E-state index in [1.54, 1.807) is 0 Å². The zero-order chi connectivity index (χ0) is 22.5. The topological polar surface area (TPSA) is 91.8 Å². The van der Waals surface area contributed by atoms with E-state index in [4.69, 9.17) is 4.74 Å². The van der Waals surface area contributed by atoms with Gasteiger partial charge in [-0.15, -0.1) is 11.3 Å². The van der Waals surface area contributed by atoms with Crippen LogP contribution in [0.3, 0.4) is 0 Å². The molecule has 0 atom stereocenters. The summed E-state index contributed by atoms with van der Waals surface area (Å²) in [5.41, 5.74) is 2.44. The van der Waals surface area contributed by atoms with E-state index in [-0.39, 0.29) is 12.5 Å². The smallest absolute Gasteiger partial charge is 0.281 e. The minimum atomic E-state index is -3.50. The van der Waals surface area contributed by atoms with Gasteiger partial charge in [0.05, 0.1) is 18.2 Å². The van der Waals surface area contributed by atoms with Crippen LogP contribution in [0.25, 0.3) is 0 Å². The fourth-order valence-electron chi connectivity index (χ4n) is 4.02. The Bertz CT molecular complexity index is 1260. The summed E-state index contributed by atoms with van der Waals surface area (Å²) >= 11 is 1.32. The van der Waals surface area contributed by atoms with E-state index in [9.17, 15) is 13.2 Å². The summed E-state index contributed by atoms with van der Waals surface area (Å²) in [6, 6.07) is 15.0. The second-order valence-electron chi connectivity index (χ2n) is 7.86. The summed E-state index contributed by atoms with van der Waals surface area (Å²) in [6.07, 6.45) is 0.512. The zero-order valence-corrected chi connectivity index (χ0v) is 19.2. The van der Waals surface area contributed by atoms with Crippen LogP contribution >= 0.6 is 11.3 Å². The SMILES string of the molecule is CN(C)S(=O)(=O)N1CCc2nc(NC(=O)C3c4ccccc4Oc4ccccc43)sc2C1. The molecule has 1 aromatic heterocycles. The third kappa shape index (κ3) is 3.58. The number of rotatable bonds is 4. The molecule has 0 saturated heterocycles. The minimum Gasteiger partial charge on any atom is -0.457 e. The number of aromatic nitrogens is 1. The number of fused-ring (bicyclic) bond motifs is 3. The molecule has 166 valence electrons. The van der Waals surface area contributed by atoms with Gasteiger partial charge < -0.3 is 10.1 Å². The Morgan fingerprint density at radius 3 is 2.38 bits per heavy atom. The van der Waals surface area contributed by atoms with Gasteiger partial charge in [-0.3, -0.25) is 4.79 Å². The molecular formula is C22H22N4O4S2. The monoisotopic (exact) mass is 470 g/mol. The Morgan fingerprint density at radius 1 is 1.12 bits per heavy atom. The molecule has 32 heavy (non-hydrogen) atoms. The van der Waals surface area contributed by atoms with Crippen LogP contribution in [-0.4, -0.2) is 48.6 Å². The average molecular weight is 471 g/mol. The Labute approximate surface area is 190 Å². The summed E-state index contributed by atoms with van der Waals surface area (Å²) in [5.74, 6) is 0.600.